The summed E-state index contributed by atoms with van der Waals surface area (Å²) in [5.74, 6) is 1.67. The molecule has 158 valence electrons. The zero-order valence-corrected chi connectivity index (χ0v) is 18.2. The number of piperidine rings is 1. The molecular weight excluding hydrogens is 394 g/mol. The van der Waals surface area contributed by atoms with E-state index in [-0.39, 0.29) is 0 Å². The third-order valence-corrected chi connectivity index (χ3v) is 7.11. The van der Waals surface area contributed by atoms with Gasteiger partial charge in [0.2, 0.25) is 0 Å². The Bertz CT molecular complexity index is 911. The highest BCUT2D eigenvalue weighted by Gasteiger charge is 2.26. The predicted molar refractivity (Wildman–Crippen MR) is 122 cm³/mol. The normalized spacial score (nSPS) is 18.8. The SMILES string of the molecule is c1ccc2sc(Oc3ccc(OCCN4CCC(N5CCCC5)CC4)cc3)nc2c1. The monoisotopic (exact) mass is 423 g/mol. The van der Waals surface area contributed by atoms with Gasteiger partial charge in [0.05, 0.1) is 10.2 Å². The number of nitrogens with zero attached hydrogens (tertiary/aromatic N) is 3. The summed E-state index contributed by atoms with van der Waals surface area (Å²) in [6.07, 6.45) is 5.38. The molecule has 6 heteroatoms. The van der Waals surface area contributed by atoms with Gasteiger partial charge in [-0.25, -0.2) is 4.98 Å². The van der Waals surface area contributed by atoms with Gasteiger partial charge in [-0.3, -0.25) is 4.90 Å². The van der Waals surface area contributed by atoms with Crippen LogP contribution in [0.1, 0.15) is 25.7 Å². The highest BCUT2D eigenvalue weighted by molar-refractivity contribution is 7.20. The zero-order chi connectivity index (χ0) is 20.2. The van der Waals surface area contributed by atoms with Crippen molar-refractivity contribution in [2.24, 2.45) is 0 Å². The van der Waals surface area contributed by atoms with Crippen LogP contribution in [0, 0.1) is 0 Å². The molecule has 2 aromatic carbocycles. The van der Waals surface area contributed by atoms with Crippen molar-refractivity contribution in [2.75, 3.05) is 39.3 Å². The van der Waals surface area contributed by atoms with Crippen LogP contribution < -0.4 is 9.47 Å². The third-order valence-electron chi connectivity index (χ3n) is 6.19. The standard InChI is InChI=1S/C24H29N3O2S/c1-2-6-23-22(5-1)25-24(30-23)29-21-9-7-20(8-10-21)28-18-17-26-15-11-19(12-16-26)27-13-3-4-14-27/h1-2,5-10,19H,3-4,11-18H2. The highest BCUT2D eigenvalue weighted by atomic mass is 32.1. The Morgan fingerprint density at radius 1 is 0.900 bits per heavy atom. The molecule has 30 heavy (non-hydrogen) atoms. The van der Waals surface area contributed by atoms with Crippen LogP contribution in [0.15, 0.2) is 48.5 Å². The largest absolute Gasteiger partial charge is 0.492 e. The van der Waals surface area contributed by atoms with Crippen LogP contribution in [-0.2, 0) is 0 Å². The Hall–Kier alpha value is -2.15. The molecule has 2 saturated heterocycles. The van der Waals surface area contributed by atoms with Crippen molar-refractivity contribution in [1.82, 2.24) is 14.8 Å². The molecule has 0 aliphatic carbocycles. The van der Waals surface area contributed by atoms with Crippen molar-refractivity contribution in [1.29, 1.82) is 0 Å². The quantitative estimate of drug-likeness (QED) is 0.533. The first kappa shape index (κ1) is 19.8. The number of likely N-dealkylation sites (tertiary alicyclic amines) is 2. The van der Waals surface area contributed by atoms with Crippen LogP contribution in [0.5, 0.6) is 16.7 Å². The number of benzene rings is 2. The maximum absolute atomic E-state index is 5.97. The number of thiazole rings is 1. The third kappa shape index (κ3) is 4.77. The van der Waals surface area contributed by atoms with E-state index < -0.39 is 0 Å². The molecule has 0 saturated carbocycles. The average molecular weight is 424 g/mol. The molecule has 2 aliphatic heterocycles. The molecule has 0 radical (unpaired) electrons. The molecule has 2 fully saturated rings. The number of ether oxygens (including phenoxy) is 2. The summed E-state index contributed by atoms with van der Waals surface area (Å²) in [4.78, 5) is 9.76. The van der Waals surface area contributed by atoms with Gasteiger partial charge in [-0.05, 0) is 88.3 Å². The van der Waals surface area contributed by atoms with E-state index >= 15 is 0 Å². The number of para-hydroxylation sites is 1. The first-order chi connectivity index (χ1) is 14.8. The maximum Gasteiger partial charge on any atom is 0.279 e. The lowest BCUT2D eigenvalue weighted by Gasteiger charge is -2.36. The molecule has 0 atom stereocenters. The number of hydrogen-bond donors (Lipinski definition) is 0. The number of fused-ring (bicyclic) bond motifs is 1. The zero-order valence-electron chi connectivity index (χ0n) is 17.3. The fourth-order valence-corrected chi connectivity index (χ4v) is 5.34. The fraction of sp³-hybridized carbons (Fsp3) is 0.458. The Balaban J connectivity index is 1.06. The van der Waals surface area contributed by atoms with Crippen molar-refractivity contribution < 1.29 is 9.47 Å². The van der Waals surface area contributed by atoms with Crippen molar-refractivity contribution >= 4 is 21.6 Å². The Morgan fingerprint density at radius 3 is 2.40 bits per heavy atom. The molecule has 0 spiro atoms. The van der Waals surface area contributed by atoms with Crippen LogP contribution in [0.3, 0.4) is 0 Å². The topological polar surface area (TPSA) is 37.8 Å². The van der Waals surface area contributed by atoms with E-state index in [2.05, 4.69) is 20.9 Å². The van der Waals surface area contributed by atoms with Gasteiger partial charge < -0.3 is 14.4 Å². The van der Waals surface area contributed by atoms with Crippen LogP contribution in [0.2, 0.25) is 0 Å². The summed E-state index contributed by atoms with van der Waals surface area (Å²) in [7, 11) is 0. The second-order valence-electron chi connectivity index (χ2n) is 8.19. The van der Waals surface area contributed by atoms with Gasteiger partial charge in [-0.1, -0.05) is 23.5 Å². The summed E-state index contributed by atoms with van der Waals surface area (Å²) in [6.45, 7) is 6.74. The van der Waals surface area contributed by atoms with Crippen molar-refractivity contribution in [3.8, 4) is 16.7 Å². The second-order valence-corrected chi connectivity index (χ2v) is 9.18. The predicted octanol–water partition coefficient (Wildman–Crippen LogP) is 5.03. The van der Waals surface area contributed by atoms with Gasteiger partial charge in [0.1, 0.15) is 18.1 Å². The van der Waals surface area contributed by atoms with Crippen molar-refractivity contribution in [2.45, 2.75) is 31.7 Å². The molecule has 5 nitrogen and oxygen atoms in total. The fourth-order valence-electron chi connectivity index (χ4n) is 4.51. The van der Waals surface area contributed by atoms with E-state index in [9.17, 15) is 0 Å². The van der Waals surface area contributed by atoms with Gasteiger partial charge in [-0.2, -0.15) is 0 Å². The number of aromatic nitrogens is 1. The van der Waals surface area contributed by atoms with Gasteiger partial charge in [0.15, 0.2) is 0 Å². The van der Waals surface area contributed by atoms with Crippen LogP contribution in [-0.4, -0.2) is 60.2 Å². The smallest absolute Gasteiger partial charge is 0.279 e. The second kappa shape index (κ2) is 9.33. The average Bonchev–Trinajstić information content (AvgIpc) is 3.45. The first-order valence-corrected chi connectivity index (χ1v) is 11.9. The molecular formula is C24H29N3O2S. The van der Waals surface area contributed by atoms with E-state index in [1.165, 1.54) is 51.9 Å². The lowest BCUT2D eigenvalue weighted by Crippen LogP contribution is -2.44. The Morgan fingerprint density at radius 2 is 1.63 bits per heavy atom. The molecule has 3 aromatic rings. The minimum Gasteiger partial charge on any atom is -0.492 e. The molecule has 0 bridgehead atoms. The molecule has 0 N–H and O–H groups in total. The minimum absolute atomic E-state index is 0.669. The number of hydrogen-bond acceptors (Lipinski definition) is 6. The van der Waals surface area contributed by atoms with Crippen LogP contribution in [0.4, 0.5) is 0 Å². The maximum atomic E-state index is 5.97. The molecule has 1 aromatic heterocycles. The first-order valence-electron chi connectivity index (χ1n) is 11.1. The molecule has 3 heterocycles. The molecule has 5 rings (SSSR count). The molecule has 0 unspecified atom stereocenters. The molecule has 2 aliphatic rings. The summed E-state index contributed by atoms with van der Waals surface area (Å²) in [6, 6.07) is 16.7. The van der Waals surface area contributed by atoms with Gasteiger partial charge in [-0.15, -0.1) is 0 Å². The van der Waals surface area contributed by atoms with E-state index in [0.29, 0.717) is 5.19 Å². The van der Waals surface area contributed by atoms with E-state index in [0.717, 1.165) is 40.9 Å². The Kier molecular flexibility index (Phi) is 6.16. The van der Waals surface area contributed by atoms with Crippen LogP contribution >= 0.6 is 11.3 Å². The van der Waals surface area contributed by atoms with Gasteiger partial charge in [0.25, 0.3) is 5.19 Å². The highest BCUT2D eigenvalue weighted by Crippen LogP contribution is 2.31. The van der Waals surface area contributed by atoms with Crippen molar-refractivity contribution in [3.63, 3.8) is 0 Å². The molecule has 0 amide bonds. The van der Waals surface area contributed by atoms with E-state index in [1.54, 1.807) is 11.3 Å². The van der Waals surface area contributed by atoms with E-state index in [4.69, 9.17) is 9.47 Å². The minimum atomic E-state index is 0.669. The summed E-state index contributed by atoms with van der Waals surface area (Å²) >= 11 is 1.56. The van der Waals surface area contributed by atoms with Gasteiger partial charge >= 0.3 is 0 Å². The van der Waals surface area contributed by atoms with Gasteiger partial charge in [0, 0.05) is 12.6 Å². The van der Waals surface area contributed by atoms with Crippen LogP contribution in [0.25, 0.3) is 10.2 Å². The van der Waals surface area contributed by atoms with Crippen molar-refractivity contribution in [3.05, 3.63) is 48.5 Å². The summed E-state index contributed by atoms with van der Waals surface area (Å²) in [5, 5.41) is 0.669. The lowest BCUT2D eigenvalue weighted by atomic mass is 10.0. The Labute approximate surface area is 182 Å². The summed E-state index contributed by atoms with van der Waals surface area (Å²) < 4.78 is 13.0. The lowest BCUT2D eigenvalue weighted by molar-refractivity contribution is 0.114. The van der Waals surface area contributed by atoms with E-state index in [1.807, 2.05) is 42.5 Å². The number of rotatable bonds is 7. The summed E-state index contributed by atoms with van der Waals surface area (Å²) in [5.41, 5.74) is 0.974.